The summed E-state index contributed by atoms with van der Waals surface area (Å²) in [6.07, 6.45) is 6.82. The molecule has 0 bridgehead atoms. The van der Waals surface area contributed by atoms with E-state index >= 15 is 0 Å². The number of anilines is 1. The van der Waals surface area contributed by atoms with Crippen molar-refractivity contribution in [3.05, 3.63) is 53.8 Å². The van der Waals surface area contributed by atoms with Gasteiger partial charge in [0.2, 0.25) is 0 Å². The van der Waals surface area contributed by atoms with Crippen molar-refractivity contribution in [3.8, 4) is 11.1 Å². The number of hydrogen-bond donors (Lipinski definition) is 3. The SMILES string of the molecule is O=C(Nc1cncc(-c2cnc3[nH]ccc3c2)c1)c1n[nH]nc1Cl. The van der Waals surface area contributed by atoms with Gasteiger partial charge in [-0.05, 0) is 18.2 Å². The van der Waals surface area contributed by atoms with Gasteiger partial charge in [-0.1, -0.05) is 11.6 Å². The molecule has 0 aliphatic heterocycles. The fraction of sp³-hybridized carbons (Fsp3) is 0. The summed E-state index contributed by atoms with van der Waals surface area (Å²) in [6, 6.07) is 5.74. The predicted molar refractivity (Wildman–Crippen MR) is 88.7 cm³/mol. The van der Waals surface area contributed by atoms with E-state index in [0.29, 0.717) is 5.69 Å². The molecule has 0 saturated heterocycles. The minimum absolute atomic E-state index is 0.0127. The molecule has 24 heavy (non-hydrogen) atoms. The van der Waals surface area contributed by atoms with E-state index in [1.165, 1.54) is 6.20 Å². The van der Waals surface area contributed by atoms with E-state index in [1.807, 2.05) is 18.3 Å². The van der Waals surface area contributed by atoms with Gasteiger partial charge in [0.25, 0.3) is 5.91 Å². The predicted octanol–water partition coefficient (Wildman–Crippen LogP) is 2.65. The van der Waals surface area contributed by atoms with Crippen molar-refractivity contribution in [2.75, 3.05) is 5.32 Å². The molecule has 4 heterocycles. The number of nitrogens with zero attached hydrogens (tertiary/aromatic N) is 4. The number of nitrogens with one attached hydrogen (secondary N) is 3. The summed E-state index contributed by atoms with van der Waals surface area (Å²) >= 11 is 5.78. The van der Waals surface area contributed by atoms with Gasteiger partial charge in [0, 0.05) is 35.1 Å². The van der Waals surface area contributed by atoms with E-state index in [9.17, 15) is 4.79 Å². The average molecular weight is 340 g/mol. The lowest BCUT2D eigenvalue weighted by Crippen LogP contribution is -2.13. The third-order valence-corrected chi connectivity index (χ3v) is 3.71. The van der Waals surface area contributed by atoms with Crippen LogP contribution in [0.1, 0.15) is 10.5 Å². The Morgan fingerprint density at radius 2 is 2.00 bits per heavy atom. The number of amides is 1. The van der Waals surface area contributed by atoms with Gasteiger partial charge in [0.05, 0.1) is 11.9 Å². The highest BCUT2D eigenvalue weighted by molar-refractivity contribution is 6.32. The van der Waals surface area contributed by atoms with Crippen LogP contribution in [0.2, 0.25) is 5.15 Å². The van der Waals surface area contributed by atoms with Gasteiger partial charge in [-0.25, -0.2) is 4.98 Å². The van der Waals surface area contributed by atoms with Crippen molar-refractivity contribution in [1.29, 1.82) is 0 Å². The molecule has 4 aromatic heterocycles. The second-order valence-corrected chi connectivity index (χ2v) is 5.38. The third-order valence-electron chi connectivity index (χ3n) is 3.45. The van der Waals surface area contributed by atoms with Crippen molar-refractivity contribution < 1.29 is 4.79 Å². The smallest absolute Gasteiger partial charge is 0.279 e. The molecule has 0 aliphatic rings. The lowest BCUT2D eigenvalue weighted by molar-refractivity contribution is 0.102. The van der Waals surface area contributed by atoms with Crippen molar-refractivity contribution >= 4 is 34.2 Å². The van der Waals surface area contributed by atoms with Gasteiger partial charge in [0.1, 0.15) is 5.65 Å². The van der Waals surface area contributed by atoms with Gasteiger partial charge < -0.3 is 10.3 Å². The minimum Gasteiger partial charge on any atom is -0.346 e. The number of halogens is 1. The zero-order valence-corrected chi connectivity index (χ0v) is 12.9. The van der Waals surface area contributed by atoms with Crippen LogP contribution in [0, 0.1) is 0 Å². The second kappa shape index (κ2) is 5.74. The Labute approximate surface area is 140 Å². The minimum atomic E-state index is -0.466. The molecule has 0 fully saturated rings. The highest BCUT2D eigenvalue weighted by atomic mass is 35.5. The lowest BCUT2D eigenvalue weighted by Gasteiger charge is -2.06. The normalized spacial score (nSPS) is 10.9. The molecule has 4 aromatic rings. The van der Waals surface area contributed by atoms with Crippen LogP contribution in [-0.2, 0) is 0 Å². The molecule has 1 amide bonds. The van der Waals surface area contributed by atoms with Crippen LogP contribution in [0.15, 0.2) is 43.0 Å². The summed E-state index contributed by atoms with van der Waals surface area (Å²) in [4.78, 5) is 23.7. The van der Waals surface area contributed by atoms with Gasteiger partial charge in [-0.3, -0.25) is 9.78 Å². The maximum atomic E-state index is 12.1. The Morgan fingerprint density at radius 3 is 2.83 bits per heavy atom. The standard InChI is InChI=1S/C15H10ClN7O/c16-13-12(21-23-22-13)15(24)20-11-4-10(5-17-7-11)9-3-8-1-2-18-14(8)19-6-9/h1-7H,(H,18,19)(H,20,24)(H,21,22,23). The summed E-state index contributed by atoms with van der Waals surface area (Å²) < 4.78 is 0. The van der Waals surface area contributed by atoms with Crippen LogP contribution in [0.25, 0.3) is 22.2 Å². The number of carbonyl (C=O) groups is 1. The summed E-state index contributed by atoms with van der Waals surface area (Å²) in [5.74, 6) is -0.466. The van der Waals surface area contributed by atoms with Crippen molar-refractivity contribution in [2.24, 2.45) is 0 Å². The summed E-state index contributed by atoms with van der Waals surface area (Å²) in [5, 5.41) is 13.3. The number of aromatic nitrogens is 6. The van der Waals surface area contributed by atoms with Crippen LogP contribution < -0.4 is 5.32 Å². The van der Waals surface area contributed by atoms with Crippen LogP contribution >= 0.6 is 11.6 Å². The molecule has 4 rings (SSSR count). The second-order valence-electron chi connectivity index (χ2n) is 5.02. The molecular formula is C15H10ClN7O. The molecular weight excluding hydrogens is 330 g/mol. The number of hydrogen-bond acceptors (Lipinski definition) is 5. The highest BCUT2D eigenvalue weighted by Crippen LogP contribution is 2.24. The van der Waals surface area contributed by atoms with Crippen molar-refractivity contribution in [3.63, 3.8) is 0 Å². The molecule has 8 nitrogen and oxygen atoms in total. The van der Waals surface area contributed by atoms with Gasteiger partial charge in [0.15, 0.2) is 10.8 Å². The van der Waals surface area contributed by atoms with Gasteiger partial charge in [-0.2, -0.15) is 5.21 Å². The van der Waals surface area contributed by atoms with Gasteiger partial charge in [-0.15, -0.1) is 10.2 Å². The van der Waals surface area contributed by atoms with E-state index in [0.717, 1.165) is 22.2 Å². The van der Waals surface area contributed by atoms with E-state index in [-0.39, 0.29) is 10.8 Å². The zero-order valence-electron chi connectivity index (χ0n) is 12.1. The first-order valence-corrected chi connectivity index (χ1v) is 7.35. The Hall–Kier alpha value is -3.26. The van der Waals surface area contributed by atoms with Crippen molar-refractivity contribution in [2.45, 2.75) is 0 Å². The molecule has 0 saturated carbocycles. The number of fused-ring (bicyclic) bond motifs is 1. The highest BCUT2D eigenvalue weighted by Gasteiger charge is 2.15. The van der Waals surface area contributed by atoms with Crippen LogP contribution in [-0.4, -0.2) is 36.3 Å². The number of H-pyrrole nitrogens is 2. The molecule has 0 radical (unpaired) electrons. The fourth-order valence-corrected chi connectivity index (χ4v) is 2.48. The molecule has 0 aromatic carbocycles. The van der Waals surface area contributed by atoms with E-state index < -0.39 is 5.91 Å². The molecule has 0 atom stereocenters. The monoisotopic (exact) mass is 339 g/mol. The fourth-order valence-electron chi connectivity index (χ4n) is 2.32. The van der Waals surface area contributed by atoms with Crippen LogP contribution in [0.3, 0.4) is 0 Å². The lowest BCUT2D eigenvalue weighted by atomic mass is 10.1. The first-order valence-electron chi connectivity index (χ1n) is 6.97. The summed E-state index contributed by atoms with van der Waals surface area (Å²) in [7, 11) is 0. The average Bonchev–Trinajstić information content (AvgIpc) is 3.22. The van der Waals surface area contributed by atoms with Crippen LogP contribution in [0.5, 0.6) is 0 Å². The maximum absolute atomic E-state index is 12.1. The van der Waals surface area contributed by atoms with Crippen LogP contribution in [0.4, 0.5) is 5.69 Å². The number of carbonyl (C=O) groups excluding carboxylic acids is 1. The quantitative estimate of drug-likeness (QED) is 0.531. The largest absolute Gasteiger partial charge is 0.346 e. The number of pyridine rings is 2. The third kappa shape index (κ3) is 2.59. The number of rotatable bonds is 3. The molecule has 3 N–H and O–H groups in total. The van der Waals surface area contributed by atoms with Gasteiger partial charge >= 0.3 is 0 Å². The summed E-state index contributed by atoms with van der Waals surface area (Å²) in [5.41, 5.74) is 3.08. The molecule has 0 aliphatic carbocycles. The Bertz CT molecular complexity index is 1040. The molecule has 118 valence electrons. The van der Waals surface area contributed by atoms with E-state index in [4.69, 9.17) is 11.6 Å². The van der Waals surface area contributed by atoms with E-state index in [1.54, 1.807) is 18.5 Å². The molecule has 0 unspecified atom stereocenters. The summed E-state index contributed by atoms with van der Waals surface area (Å²) in [6.45, 7) is 0. The maximum Gasteiger partial charge on any atom is 0.279 e. The Kier molecular flexibility index (Phi) is 3.43. The molecule has 0 spiro atoms. The zero-order chi connectivity index (χ0) is 16.5. The number of aromatic amines is 2. The first-order chi connectivity index (χ1) is 11.7. The first kappa shape index (κ1) is 14.3. The van der Waals surface area contributed by atoms with E-state index in [2.05, 4.69) is 35.7 Å². The topological polar surface area (TPSA) is 112 Å². The molecule has 9 heteroatoms. The Balaban J connectivity index is 1.63. The van der Waals surface area contributed by atoms with Crippen molar-refractivity contribution in [1.82, 2.24) is 30.4 Å². The Morgan fingerprint density at radius 1 is 1.12 bits per heavy atom.